The van der Waals surface area contributed by atoms with E-state index >= 15 is 0 Å². The van der Waals surface area contributed by atoms with Crippen LogP contribution in [-0.4, -0.2) is 32.0 Å². The van der Waals surface area contributed by atoms with Gasteiger partial charge < -0.3 is 10.2 Å². The molecule has 3 nitrogen and oxygen atoms in total. The van der Waals surface area contributed by atoms with E-state index in [1.807, 2.05) is 26.0 Å². The van der Waals surface area contributed by atoms with Crippen LogP contribution in [0.3, 0.4) is 0 Å². The van der Waals surface area contributed by atoms with E-state index in [0.29, 0.717) is 0 Å². The summed E-state index contributed by atoms with van der Waals surface area (Å²) in [6, 6.07) is 0. The first-order valence-electron chi connectivity index (χ1n) is 2.71. The van der Waals surface area contributed by atoms with Crippen molar-refractivity contribution < 1.29 is 4.79 Å². The fraction of sp³-hybridized carbons (Fsp3) is 0.500. The Labute approximate surface area is 67.5 Å². The number of rotatable bonds is 0. The Morgan fingerprint density at radius 2 is 1.60 bits per heavy atom. The summed E-state index contributed by atoms with van der Waals surface area (Å²) in [5.74, 6) is 0.00463. The van der Waals surface area contributed by atoms with E-state index in [-0.39, 0.29) is 18.3 Å². The molecule has 1 amide bonds. The summed E-state index contributed by atoms with van der Waals surface area (Å²) < 4.78 is 0. The number of nitrogens with one attached hydrogen (secondary N) is 1. The monoisotopic (exact) mass is 164 g/mol. The molecule has 0 aromatic heterocycles. The summed E-state index contributed by atoms with van der Waals surface area (Å²) in [5, 5.41) is 2.39. The van der Waals surface area contributed by atoms with Crippen molar-refractivity contribution in [3.63, 3.8) is 0 Å². The molecular weight excluding hydrogens is 152 g/mol. The van der Waals surface area contributed by atoms with Gasteiger partial charge in [-0.25, -0.2) is 0 Å². The van der Waals surface area contributed by atoms with Crippen molar-refractivity contribution in [1.82, 2.24) is 10.2 Å². The molecule has 0 aromatic rings. The Morgan fingerprint density at radius 1 is 1.40 bits per heavy atom. The van der Waals surface area contributed by atoms with Crippen LogP contribution in [0.25, 0.3) is 0 Å². The Morgan fingerprint density at radius 3 is 1.60 bits per heavy atom. The number of carbonyl (C=O) groups is 1. The average Bonchev–Trinajstić information content (AvgIpc) is 1.59. The first-order chi connectivity index (χ1) is 4.13. The van der Waals surface area contributed by atoms with Crippen LogP contribution in [-0.2, 0) is 4.79 Å². The largest absolute Gasteiger partial charge is 0.329 e. The number of halogens is 1. The zero-order valence-electron chi connectivity index (χ0n) is 6.42. The molecule has 0 unspecified atom stereocenters. The highest BCUT2D eigenvalue weighted by Crippen LogP contribution is 1.78. The third-order valence-electron chi connectivity index (χ3n) is 0.460. The van der Waals surface area contributed by atoms with E-state index in [1.54, 1.807) is 6.20 Å². The second-order valence-electron chi connectivity index (χ2n) is 2.18. The smallest absolute Gasteiger partial charge is 0.249 e. The lowest BCUT2D eigenvalue weighted by Gasteiger charge is -1.97. The highest BCUT2D eigenvalue weighted by atomic mass is 35.5. The van der Waals surface area contributed by atoms with Crippen molar-refractivity contribution in [2.45, 2.75) is 0 Å². The molecule has 1 heterocycles. The van der Waals surface area contributed by atoms with Crippen LogP contribution in [0.1, 0.15) is 0 Å². The number of hydrogen-bond acceptors (Lipinski definition) is 2. The molecule has 10 heavy (non-hydrogen) atoms. The first-order valence-corrected chi connectivity index (χ1v) is 2.71. The minimum absolute atomic E-state index is 0. The van der Waals surface area contributed by atoms with Gasteiger partial charge in [0.05, 0.1) is 0 Å². The van der Waals surface area contributed by atoms with E-state index in [0.717, 1.165) is 0 Å². The summed E-state index contributed by atoms with van der Waals surface area (Å²) in [5.41, 5.74) is 0. The van der Waals surface area contributed by atoms with Crippen molar-refractivity contribution in [2.75, 3.05) is 21.1 Å². The lowest BCUT2D eigenvalue weighted by molar-refractivity contribution is -0.117. The van der Waals surface area contributed by atoms with E-state index in [4.69, 9.17) is 0 Å². The fourth-order valence-corrected chi connectivity index (χ4v) is 0.151. The molecule has 1 rings (SSSR count). The van der Waals surface area contributed by atoms with Crippen molar-refractivity contribution in [2.24, 2.45) is 0 Å². The van der Waals surface area contributed by atoms with Crippen molar-refractivity contribution in [1.29, 1.82) is 0 Å². The minimum Gasteiger partial charge on any atom is -0.329 e. The van der Waals surface area contributed by atoms with Gasteiger partial charge in [-0.05, 0) is 21.1 Å². The summed E-state index contributed by atoms with van der Waals surface area (Å²) in [6.07, 6.45) is 3.07. The molecule has 0 aliphatic carbocycles. The van der Waals surface area contributed by atoms with Crippen LogP contribution in [0.15, 0.2) is 12.3 Å². The van der Waals surface area contributed by atoms with Crippen LogP contribution in [0, 0.1) is 0 Å². The number of carbonyl (C=O) groups excluding carboxylic acids is 1. The second-order valence-corrected chi connectivity index (χ2v) is 2.18. The summed E-state index contributed by atoms with van der Waals surface area (Å²) in [4.78, 5) is 11.7. The van der Waals surface area contributed by atoms with Crippen LogP contribution in [0.5, 0.6) is 0 Å². The standard InChI is InChI=1S/C3H3NO.C3H9N.ClH/c5-3-1-2-4-3;1-4(2)3;/h1-2H,(H,4,5);1-3H3;1H. The molecular formula is C6H13ClN2O. The van der Waals surface area contributed by atoms with Crippen molar-refractivity contribution in [3.05, 3.63) is 12.3 Å². The fourth-order valence-electron chi connectivity index (χ4n) is 0.151. The molecule has 0 atom stereocenters. The Bertz CT molecular complexity index is 120. The molecule has 1 N–H and O–H groups in total. The van der Waals surface area contributed by atoms with Gasteiger partial charge in [-0.3, -0.25) is 4.79 Å². The maximum absolute atomic E-state index is 9.70. The lowest BCUT2D eigenvalue weighted by atomic mass is 10.4. The molecule has 0 aromatic carbocycles. The van der Waals surface area contributed by atoms with E-state index in [2.05, 4.69) is 5.32 Å². The zero-order chi connectivity index (χ0) is 7.28. The molecule has 0 radical (unpaired) electrons. The van der Waals surface area contributed by atoms with Crippen LogP contribution < -0.4 is 5.32 Å². The van der Waals surface area contributed by atoms with Crippen molar-refractivity contribution in [3.8, 4) is 0 Å². The topological polar surface area (TPSA) is 32.3 Å². The zero-order valence-corrected chi connectivity index (χ0v) is 7.23. The molecule has 0 spiro atoms. The van der Waals surface area contributed by atoms with Gasteiger partial charge in [-0.1, -0.05) is 0 Å². The summed E-state index contributed by atoms with van der Waals surface area (Å²) >= 11 is 0. The Balaban J connectivity index is 0. The van der Waals surface area contributed by atoms with Gasteiger partial charge in [-0.2, -0.15) is 0 Å². The maximum atomic E-state index is 9.70. The molecule has 60 valence electrons. The van der Waals surface area contributed by atoms with Gasteiger partial charge in [0.15, 0.2) is 0 Å². The number of hydrogen-bond donors (Lipinski definition) is 1. The summed E-state index contributed by atoms with van der Waals surface area (Å²) in [7, 11) is 6.00. The molecule has 1 aliphatic rings. The SMILES string of the molecule is CN(C)C.Cl.O=C1C=CN1. The van der Waals surface area contributed by atoms with Crippen molar-refractivity contribution >= 4 is 18.3 Å². The highest BCUT2D eigenvalue weighted by Gasteiger charge is 1.95. The maximum Gasteiger partial charge on any atom is 0.249 e. The first kappa shape index (κ1) is 12.2. The number of nitrogens with zero attached hydrogens (tertiary/aromatic N) is 1. The van der Waals surface area contributed by atoms with Gasteiger partial charge in [0.2, 0.25) is 5.91 Å². The van der Waals surface area contributed by atoms with Gasteiger partial charge in [-0.15, -0.1) is 12.4 Å². The molecule has 0 saturated heterocycles. The molecule has 0 saturated carbocycles. The quantitative estimate of drug-likeness (QED) is 0.556. The molecule has 0 bridgehead atoms. The Hall–Kier alpha value is -0.540. The summed E-state index contributed by atoms with van der Waals surface area (Å²) in [6.45, 7) is 0. The van der Waals surface area contributed by atoms with Gasteiger partial charge in [0.1, 0.15) is 0 Å². The second kappa shape index (κ2) is 6.58. The van der Waals surface area contributed by atoms with Crippen LogP contribution in [0.2, 0.25) is 0 Å². The van der Waals surface area contributed by atoms with Gasteiger partial charge in [0.25, 0.3) is 0 Å². The highest BCUT2D eigenvalue weighted by molar-refractivity contribution is 5.93. The lowest BCUT2D eigenvalue weighted by Crippen LogP contribution is -2.22. The minimum atomic E-state index is 0. The normalized spacial score (nSPS) is 12.2. The third kappa shape index (κ3) is 10.4. The Kier molecular flexibility index (Phi) is 8.00. The van der Waals surface area contributed by atoms with Gasteiger partial charge in [0, 0.05) is 12.3 Å². The van der Waals surface area contributed by atoms with Crippen LogP contribution in [0.4, 0.5) is 0 Å². The predicted molar refractivity (Wildman–Crippen MR) is 44.1 cm³/mol. The third-order valence-corrected chi connectivity index (χ3v) is 0.460. The molecule has 1 aliphatic heterocycles. The van der Waals surface area contributed by atoms with E-state index in [1.165, 1.54) is 6.08 Å². The molecule has 4 heteroatoms. The number of amides is 1. The van der Waals surface area contributed by atoms with Crippen LogP contribution >= 0.6 is 12.4 Å². The van der Waals surface area contributed by atoms with Gasteiger partial charge >= 0.3 is 0 Å². The average molecular weight is 165 g/mol. The van der Waals surface area contributed by atoms with E-state index in [9.17, 15) is 4.79 Å². The van der Waals surface area contributed by atoms with E-state index < -0.39 is 0 Å². The molecule has 0 fully saturated rings. The predicted octanol–water partition coefficient (Wildman–Crippen LogP) is 0.229.